The van der Waals surface area contributed by atoms with Crippen molar-refractivity contribution in [3.05, 3.63) is 65.0 Å². The molecule has 0 bridgehead atoms. The predicted octanol–water partition coefficient (Wildman–Crippen LogP) is 3.74. The zero-order valence-electron chi connectivity index (χ0n) is 17.7. The molecule has 3 aromatic rings. The quantitative estimate of drug-likeness (QED) is 0.587. The number of carbonyl (C=O) groups is 2. The van der Waals surface area contributed by atoms with Crippen LogP contribution in [0.3, 0.4) is 0 Å². The lowest BCUT2D eigenvalue weighted by Crippen LogP contribution is -2.39. The molecule has 8 nitrogen and oxygen atoms in total. The van der Waals surface area contributed by atoms with Gasteiger partial charge in [-0.25, -0.2) is 4.79 Å². The Morgan fingerprint density at radius 3 is 2.75 bits per heavy atom. The number of hydrogen-bond acceptors (Lipinski definition) is 7. The SMILES string of the molecule is COc1ccccc1C(=O)N1CCCC1COC(=O)NCc1ccc(-c2csnn2)cc1. The topological polar surface area (TPSA) is 93.6 Å². The molecule has 2 amide bonds. The van der Waals surface area contributed by atoms with E-state index in [4.69, 9.17) is 9.47 Å². The van der Waals surface area contributed by atoms with E-state index in [0.29, 0.717) is 24.4 Å². The summed E-state index contributed by atoms with van der Waals surface area (Å²) >= 11 is 1.31. The molecule has 1 N–H and O–H groups in total. The van der Waals surface area contributed by atoms with Gasteiger partial charge in [0.2, 0.25) is 0 Å². The lowest BCUT2D eigenvalue weighted by molar-refractivity contribution is 0.0633. The highest BCUT2D eigenvalue weighted by Gasteiger charge is 2.31. The molecule has 1 fully saturated rings. The largest absolute Gasteiger partial charge is 0.496 e. The number of likely N-dealkylation sites (tertiary alicyclic amines) is 1. The first-order chi connectivity index (χ1) is 15.7. The van der Waals surface area contributed by atoms with Crippen LogP contribution in [-0.2, 0) is 11.3 Å². The Hall–Kier alpha value is -3.46. The standard InChI is InChI=1S/C23H24N4O4S/c1-30-21-7-3-2-6-19(21)22(28)27-12-4-5-18(27)14-31-23(29)24-13-16-8-10-17(11-9-16)20-15-32-26-25-20/h2-3,6-11,15,18H,4-5,12-14H2,1H3,(H,24,29). The number of amides is 2. The summed E-state index contributed by atoms with van der Waals surface area (Å²) in [4.78, 5) is 26.9. The van der Waals surface area contributed by atoms with Crippen molar-refractivity contribution in [3.8, 4) is 17.0 Å². The first-order valence-corrected chi connectivity index (χ1v) is 11.2. The molecule has 166 valence electrons. The number of aromatic nitrogens is 2. The van der Waals surface area contributed by atoms with Gasteiger partial charge < -0.3 is 19.7 Å². The Morgan fingerprint density at radius 1 is 1.19 bits per heavy atom. The van der Waals surface area contributed by atoms with Crippen molar-refractivity contribution in [2.24, 2.45) is 0 Å². The van der Waals surface area contributed by atoms with Gasteiger partial charge in [-0.3, -0.25) is 4.79 Å². The van der Waals surface area contributed by atoms with Crippen LogP contribution in [0.15, 0.2) is 53.9 Å². The normalized spacial score (nSPS) is 15.4. The van der Waals surface area contributed by atoms with E-state index in [1.54, 1.807) is 24.1 Å². The van der Waals surface area contributed by atoms with Crippen LogP contribution in [0, 0.1) is 0 Å². The fraction of sp³-hybridized carbons (Fsp3) is 0.304. The molecule has 0 saturated carbocycles. The molecular formula is C23H24N4O4S. The zero-order valence-corrected chi connectivity index (χ0v) is 18.5. The zero-order chi connectivity index (χ0) is 22.3. The van der Waals surface area contributed by atoms with Gasteiger partial charge in [-0.05, 0) is 42.1 Å². The van der Waals surface area contributed by atoms with Gasteiger partial charge in [0.15, 0.2) is 0 Å². The fourth-order valence-corrected chi connectivity index (χ4v) is 4.20. The van der Waals surface area contributed by atoms with Crippen molar-refractivity contribution in [3.63, 3.8) is 0 Å². The van der Waals surface area contributed by atoms with Crippen LogP contribution in [-0.4, -0.2) is 52.8 Å². The monoisotopic (exact) mass is 452 g/mol. The molecular weight excluding hydrogens is 428 g/mol. The average molecular weight is 453 g/mol. The summed E-state index contributed by atoms with van der Waals surface area (Å²) in [6.07, 6.45) is 1.16. The third-order valence-electron chi connectivity index (χ3n) is 5.43. The van der Waals surface area contributed by atoms with Gasteiger partial charge in [-0.2, -0.15) is 0 Å². The molecule has 1 aromatic heterocycles. The van der Waals surface area contributed by atoms with Gasteiger partial charge in [-0.1, -0.05) is 40.9 Å². The van der Waals surface area contributed by atoms with Crippen molar-refractivity contribution < 1.29 is 19.1 Å². The lowest BCUT2D eigenvalue weighted by atomic mass is 10.1. The van der Waals surface area contributed by atoms with Gasteiger partial charge in [0.1, 0.15) is 18.1 Å². The van der Waals surface area contributed by atoms with Crippen LogP contribution in [0.4, 0.5) is 4.79 Å². The number of para-hydroxylation sites is 1. The van der Waals surface area contributed by atoms with Gasteiger partial charge in [0, 0.05) is 24.0 Å². The maximum Gasteiger partial charge on any atom is 0.407 e. The van der Waals surface area contributed by atoms with Gasteiger partial charge in [0.25, 0.3) is 5.91 Å². The molecule has 0 spiro atoms. The average Bonchev–Trinajstić information content (AvgIpc) is 3.54. The number of alkyl carbamates (subject to hydrolysis) is 1. The van der Waals surface area contributed by atoms with E-state index < -0.39 is 6.09 Å². The molecule has 0 aliphatic carbocycles. The summed E-state index contributed by atoms with van der Waals surface area (Å²) in [6.45, 7) is 1.14. The summed E-state index contributed by atoms with van der Waals surface area (Å²) in [6, 6.07) is 14.8. The van der Waals surface area contributed by atoms with Crippen molar-refractivity contribution in [2.75, 3.05) is 20.3 Å². The van der Waals surface area contributed by atoms with Crippen molar-refractivity contribution in [2.45, 2.75) is 25.4 Å². The molecule has 32 heavy (non-hydrogen) atoms. The summed E-state index contributed by atoms with van der Waals surface area (Å²) in [7, 11) is 1.55. The van der Waals surface area contributed by atoms with Gasteiger partial charge >= 0.3 is 6.09 Å². The maximum absolute atomic E-state index is 13.0. The minimum Gasteiger partial charge on any atom is -0.496 e. The van der Waals surface area contributed by atoms with Crippen molar-refractivity contribution in [1.82, 2.24) is 19.8 Å². The molecule has 1 saturated heterocycles. The number of carbonyl (C=O) groups excluding carboxylic acids is 2. The number of nitrogens with zero attached hydrogens (tertiary/aromatic N) is 3. The van der Waals surface area contributed by atoms with E-state index in [-0.39, 0.29) is 18.6 Å². The second-order valence-electron chi connectivity index (χ2n) is 7.43. The molecule has 2 heterocycles. The number of benzene rings is 2. The third kappa shape index (κ3) is 5.05. The second kappa shape index (κ2) is 10.2. The van der Waals surface area contributed by atoms with Crippen LogP contribution in [0.5, 0.6) is 5.75 Å². The predicted molar refractivity (Wildman–Crippen MR) is 121 cm³/mol. The summed E-state index contributed by atoms with van der Waals surface area (Å²) in [5.74, 6) is 0.434. The lowest BCUT2D eigenvalue weighted by Gasteiger charge is -2.25. The molecule has 1 unspecified atom stereocenters. The Morgan fingerprint density at radius 2 is 2.00 bits per heavy atom. The number of hydrogen-bond donors (Lipinski definition) is 1. The smallest absolute Gasteiger partial charge is 0.407 e. The van der Waals surface area contributed by atoms with E-state index in [1.165, 1.54) is 11.5 Å². The minimum absolute atomic E-state index is 0.107. The van der Waals surface area contributed by atoms with E-state index in [2.05, 4.69) is 14.9 Å². The van der Waals surface area contributed by atoms with Crippen LogP contribution in [0.2, 0.25) is 0 Å². The Bertz CT molecular complexity index is 1060. The van der Waals surface area contributed by atoms with Crippen molar-refractivity contribution in [1.29, 1.82) is 0 Å². The highest BCUT2D eigenvalue weighted by molar-refractivity contribution is 7.03. The molecule has 2 aromatic carbocycles. The van der Waals surface area contributed by atoms with Crippen molar-refractivity contribution >= 4 is 23.5 Å². The van der Waals surface area contributed by atoms with Gasteiger partial charge in [-0.15, -0.1) is 5.10 Å². The molecule has 9 heteroatoms. The molecule has 1 aliphatic rings. The molecule has 1 aliphatic heterocycles. The number of ether oxygens (including phenoxy) is 2. The Labute approximate surface area is 190 Å². The highest BCUT2D eigenvalue weighted by Crippen LogP contribution is 2.25. The first kappa shape index (κ1) is 21.8. The van der Waals surface area contributed by atoms with Crippen LogP contribution in [0.1, 0.15) is 28.8 Å². The van der Waals surface area contributed by atoms with E-state index in [9.17, 15) is 9.59 Å². The highest BCUT2D eigenvalue weighted by atomic mass is 32.1. The number of methoxy groups -OCH3 is 1. The van der Waals surface area contributed by atoms with Crippen LogP contribution < -0.4 is 10.1 Å². The third-order valence-corrected chi connectivity index (χ3v) is 5.93. The van der Waals surface area contributed by atoms with Crippen LogP contribution in [0.25, 0.3) is 11.3 Å². The number of rotatable bonds is 7. The van der Waals surface area contributed by atoms with E-state index in [1.807, 2.05) is 41.8 Å². The summed E-state index contributed by atoms with van der Waals surface area (Å²) < 4.78 is 14.6. The maximum atomic E-state index is 13.0. The Balaban J connectivity index is 1.27. The number of nitrogens with one attached hydrogen (secondary N) is 1. The second-order valence-corrected chi connectivity index (χ2v) is 8.04. The van der Waals surface area contributed by atoms with E-state index in [0.717, 1.165) is 29.7 Å². The van der Waals surface area contributed by atoms with Gasteiger partial charge in [0.05, 0.1) is 18.7 Å². The molecule has 1 atom stereocenters. The fourth-order valence-electron chi connectivity index (χ4n) is 3.73. The minimum atomic E-state index is -0.505. The Kier molecular flexibility index (Phi) is 6.96. The van der Waals surface area contributed by atoms with E-state index >= 15 is 0 Å². The first-order valence-electron chi connectivity index (χ1n) is 10.4. The molecule has 4 rings (SSSR count). The summed E-state index contributed by atoms with van der Waals surface area (Å²) in [5, 5.41) is 8.69. The van der Waals surface area contributed by atoms with Crippen LogP contribution >= 0.6 is 11.5 Å². The summed E-state index contributed by atoms with van der Waals surface area (Å²) in [5.41, 5.74) is 3.27. The molecule has 0 radical (unpaired) electrons.